The van der Waals surface area contributed by atoms with Crippen LogP contribution in [0.1, 0.15) is 24.8 Å². The monoisotopic (exact) mass is 227 g/mol. The van der Waals surface area contributed by atoms with Crippen molar-refractivity contribution in [2.45, 2.75) is 32.0 Å². The summed E-state index contributed by atoms with van der Waals surface area (Å²) in [5.41, 5.74) is 1.49. The lowest BCUT2D eigenvalue weighted by Crippen LogP contribution is -2.34. The first kappa shape index (κ1) is 12.7. The zero-order valence-electron chi connectivity index (χ0n) is 10.6. The van der Waals surface area contributed by atoms with E-state index in [4.69, 9.17) is 7.85 Å². The molecule has 1 aliphatic heterocycles. The fourth-order valence-electron chi connectivity index (χ4n) is 2.68. The number of rotatable bonds is 5. The Bertz CT molecular complexity index is 304. The quantitative estimate of drug-likeness (QED) is 0.699. The summed E-state index contributed by atoms with van der Waals surface area (Å²) >= 11 is 0. The molecule has 1 aromatic rings. The number of benzene rings is 1. The predicted molar refractivity (Wildman–Crippen MR) is 74.5 cm³/mol. The Hall–Kier alpha value is -0.755. The van der Waals surface area contributed by atoms with Crippen LogP contribution in [0.2, 0.25) is 6.32 Å². The van der Waals surface area contributed by atoms with E-state index in [1.807, 2.05) is 0 Å². The summed E-state index contributed by atoms with van der Waals surface area (Å²) in [7, 11) is 5.55. The molecule has 0 aromatic heterocycles. The minimum Gasteiger partial charge on any atom is -0.303 e. The minimum absolute atomic E-state index is 0.823. The van der Waals surface area contributed by atoms with Gasteiger partial charge in [-0.25, -0.2) is 0 Å². The maximum atomic E-state index is 5.55. The zero-order valence-corrected chi connectivity index (χ0v) is 10.6. The van der Waals surface area contributed by atoms with Crippen LogP contribution < -0.4 is 0 Å². The molecule has 0 atom stereocenters. The molecule has 1 aliphatic rings. The van der Waals surface area contributed by atoms with E-state index >= 15 is 0 Å². The molecule has 1 nitrogen and oxygen atoms in total. The van der Waals surface area contributed by atoms with Crippen molar-refractivity contribution in [3.8, 4) is 0 Å². The van der Waals surface area contributed by atoms with Crippen LogP contribution in [0.15, 0.2) is 30.3 Å². The van der Waals surface area contributed by atoms with Crippen LogP contribution in [0.4, 0.5) is 0 Å². The van der Waals surface area contributed by atoms with Gasteiger partial charge in [-0.15, -0.1) is 0 Å². The Balaban J connectivity index is 1.72. The zero-order chi connectivity index (χ0) is 11.9. The number of likely N-dealkylation sites (tertiary alicyclic amines) is 1. The van der Waals surface area contributed by atoms with E-state index in [0.717, 1.165) is 18.7 Å². The van der Waals surface area contributed by atoms with Gasteiger partial charge in [-0.1, -0.05) is 36.7 Å². The third-order valence-electron chi connectivity index (χ3n) is 3.75. The number of hydrogen-bond donors (Lipinski definition) is 0. The van der Waals surface area contributed by atoms with E-state index in [9.17, 15) is 0 Å². The van der Waals surface area contributed by atoms with Crippen molar-refractivity contribution in [2.24, 2.45) is 5.92 Å². The van der Waals surface area contributed by atoms with Crippen molar-refractivity contribution < 1.29 is 0 Å². The molecular weight excluding hydrogens is 205 g/mol. The highest BCUT2D eigenvalue weighted by molar-refractivity contribution is 6.08. The molecule has 2 radical (unpaired) electrons. The lowest BCUT2D eigenvalue weighted by molar-refractivity contribution is 0.184. The lowest BCUT2D eigenvalue weighted by Gasteiger charge is -2.32. The average molecular weight is 227 g/mol. The normalized spacial score (nSPS) is 18.4. The van der Waals surface area contributed by atoms with Gasteiger partial charge in [-0.2, -0.15) is 0 Å². The molecule has 17 heavy (non-hydrogen) atoms. The Labute approximate surface area is 107 Å². The van der Waals surface area contributed by atoms with Gasteiger partial charge >= 0.3 is 0 Å². The second-order valence-electron chi connectivity index (χ2n) is 5.12. The molecule has 1 saturated heterocycles. The summed E-state index contributed by atoms with van der Waals surface area (Å²) in [6, 6.07) is 10.9. The van der Waals surface area contributed by atoms with Gasteiger partial charge in [-0.05, 0) is 56.8 Å². The van der Waals surface area contributed by atoms with Crippen molar-refractivity contribution in [3.05, 3.63) is 35.9 Å². The molecule has 1 aromatic carbocycles. The van der Waals surface area contributed by atoms with Crippen LogP contribution in [0.3, 0.4) is 0 Å². The van der Waals surface area contributed by atoms with E-state index in [1.165, 1.54) is 44.5 Å². The van der Waals surface area contributed by atoms with Crippen LogP contribution in [0.5, 0.6) is 0 Å². The maximum Gasteiger partial charge on any atom is 0.0653 e. The Kier molecular flexibility index (Phi) is 5.12. The van der Waals surface area contributed by atoms with Crippen molar-refractivity contribution in [3.63, 3.8) is 0 Å². The van der Waals surface area contributed by atoms with E-state index in [1.54, 1.807) is 0 Å². The molecule has 2 rings (SSSR count). The highest BCUT2D eigenvalue weighted by atomic mass is 15.1. The average Bonchev–Trinajstić information content (AvgIpc) is 2.39. The van der Waals surface area contributed by atoms with E-state index in [0.29, 0.717) is 0 Å². The van der Waals surface area contributed by atoms with Crippen LogP contribution in [0.25, 0.3) is 0 Å². The molecule has 0 spiro atoms. The van der Waals surface area contributed by atoms with Crippen LogP contribution >= 0.6 is 0 Å². The van der Waals surface area contributed by atoms with Crippen molar-refractivity contribution in [1.29, 1.82) is 0 Å². The van der Waals surface area contributed by atoms with E-state index in [-0.39, 0.29) is 0 Å². The van der Waals surface area contributed by atoms with Crippen LogP contribution in [-0.2, 0) is 6.42 Å². The summed E-state index contributed by atoms with van der Waals surface area (Å²) in [5.74, 6) is 0.881. The molecule has 0 aliphatic carbocycles. The Morgan fingerprint density at radius 3 is 2.47 bits per heavy atom. The molecule has 1 heterocycles. The van der Waals surface area contributed by atoms with Crippen molar-refractivity contribution in [1.82, 2.24) is 4.90 Å². The third-order valence-corrected chi connectivity index (χ3v) is 3.75. The lowest BCUT2D eigenvalue weighted by atomic mass is 9.90. The molecule has 0 amide bonds. The van der Waals surface area contributed by atoms with Gasteiger partial charge in [0.2, 0.25) is 0 Å². The molecule has 0 bridgehead atoms. The predicted octanol–water partition coefficient (Wildman–Crippen LogP) is 2.92. The summed E-state index contributed by atoms with van der Waals surface area (Å²) in [5, 5.41) is 0. The summed E-state index contributed by atoms with van der Waals surface area (Å²) < 4.78 is 0. The largest absolute Gasteiger partial charge is 0.303 e. The number of piperidine rings is 1. The highest BCUT2D eigenvalue weighted by Gasteiger charge is 2.18. The molecule has 90 valence electrons. The summed E-state index contributed by atoms with van der Waals surface area (Å²) in [6.45, 7) is 3.71. The standard InChI is InChI=1S/C15H22BN/c16-9-4-10-17-11-7-15(8-12-17)13-14-5-2-1-3-6-14/h1-3,5-6,15H,4,7-13H2. The highest BCUT2D eigenvalue weighted by Crippen LogP contribution is 2.21. The number of hydrogen-bond acceptors (Lipinski definition) is 1. The molecule has 0 N–H and O–H groups in total. The first-order chi connectivity index (χ1) is 8.38. The van der Waals surface area contributed by atoms with Gasteiger partial charge in [0.15, 0.2) is 0 Å². The molecule has 0 unspecified atom stereocenters. The van der Waals surface area contributed by atoms with Crippen molar-refractivity contribution in [2.75, 3.05) is 19.6 Å². The summed E-state index contributed by atoms with van der Waals surface area (Å²) in [4.78, 5) is 2.56. The Morgan fingerprint density at radius 2 is 1.82 bits per heavy atom. The third kappa shape index (κ3) is 4.20. The smallest absolute Gasteiger partial charge is 0.0653 e. The van der Waals surface area contributed by atoms with Crippen LogP contribution in [0, 0.1) is 5.92 Å². The van der Waals surface area contributed by atoms with Crippen LogP contribution in [-0.4, -0.2) is 32.4 Å². The second kappa shape index (κ2) is 6.85. The Morgan fingerprint density at radius 1 is 1.12 bits per heavy atom. The van der Waals surface area contributed by atoms with Crippen molar-refractivity contribution >= 4 is 7.85 Å². The van der Waals surface area contributed by atoms with E-state index in [2.05, 4.69) is 35.2 Å². The molecule has 2 heteroatoms. The van der Waals surface area contributed by atoms with Gasteiger partial charge < -0.3 is 4.90 Å². The first-order valence-corrected chi connectivity index (χ1v) is 6.85. The van der Waals surface area contributed by atoms with Gasteiger partial charge in [0.05, 0.1) is 7.85 Å². The van der Waals surface area contributed by atoms with Gasteiger partial charge in [0.1, 0.15) is 0 Å². The number of nitrogens with zero attached hydrogens (tertiary/aromatic N) is 1. The van der Waals surface area contributed by atoms with E-state index < -0.39 is 0 Å². The fraction of sp³-hybridized carbons (Fsp3) is 0.600. The van der Waals surface area contributed by atoms with Gasteiger partial charge in [-0.3, -0.25) is 0 Å². The minimum atomic E-state index is 0.823. The first-order valence-electron chi connectivity index (χ1n) is 6.85. The summed E-state index contributed by atoms with van der Waals surface area (Å²) in [6.07, 6.45) is 5.91. The topological polar surface area (TPSA) is 3.24 Å². The van der Waals surface area contributed by atoms with Gasteiger partial charge in [0, 0.05) is 0 Å². The van der Waals surface area contributed by atoms with Gasteiger partial charge in [0.25, 0.3) is 0 Å². The maximum absolute atomic E-state index is 5.55. The SMILES string of the molecule is [B]CCCN1CCC(Cc2ccccc2)CC1. The fourth-order valence-corrected chi connectivity index (χ4v) is 2.68. The molecule has 1 fully saturated rings. The molecule has 0 saturated carbocycles. The second-order valence-corrected chi connectivity index (χ2v) is 5.12. The molecular formula is C15H22BN.